The van der Waals surface area contributed by atoms with Gasteiger partial charge in [0.2, 0.25) is 0 Å². The van der Waals surface area contributed by atoms with Crippen molar-refractivity contribution in [3.8, 4) is 0 Å². The average molecular weight is 198 g/mol. The standard InChI is InChI=1S/C7H6N2O3S/c10-7-5-3-1-2-4-6(5)8-13(11,12)9-7/h1-4,8H,(H,9,10). The summed E-state index contributed by atoms with van der Waals surface area (Å²) < 4.78 is 26.0. The molecule has 0 saturated heterocycles. The van der Waals surface area contributed by atoms with E-state index in [9.17, 15) is 13.2 Å². The third-order valence-electron chi connectivity index (χ3n) is 1.64. The van der Waals surface area contributed by atoms with Gasteiger partial charge in [-0.2, -0.15) is 8.42 Å². The van der Waals surface area contributed by atoms with Crippen LogP contribution in [0.25, 0.3) is 0 Å². The van der Waals surface area contributed by atoms with Gasteiger partial charge in [0.25, 0.3) is 5.91 Å². The number of anilines is 1. The molecule has 1 aromatic rings. The molecule has 1 heterocycles. The maximum absolute atomic E-state index is 11.2. The second kappa shape index (κ2) is 2.46. The Morgan fingerprint density at radius 2 is 1.77 bits per heavy atom. The molecular formula is C7H6N2O3S. The maximum Gasteiger partial charge on any atom is 0.323 e. The van der Waals surface area contributed by atoms with Gasteiger partial charge in [-0.25, -0.2) is 4.72 Å². The molecule has 0 unspecified atom stereocenters. The van der Waals surface area contributed by atoms with Crippen LogP contribution in [0.2, 0.25) is 0 Å². The zero-order valence-electron chi connectivity index (χ0n) is 6.44. The van der Waals surface area contributed by atoms with E-state index in [1.54, 1.807) is 18.2 Å². The van der Waals surface area contributed by atoms with Crippen LogP contribution in [-0.2, 0) is 10.2 Å². The summed E-state index contributed by atoms with van der Waals surface area (Å²) in [6, 6.07) is 6.40. The molecule has 1 amide bonds. The monoisotopic (exact) mass is 198 g/mol. The van der Waals surface area contributed by atoms with Crippen LogP contribution in [0.4, 0.5) is 5.69 Å². The molecule has 0 saturated carbocycles. The lowest BCUT2D eigenvalue weighted by Crippen LogP contribution is -2.40. The third-order valence-corrected chi connectivity index (χ3v) is 2.59. The summed E-state index contributed by atoms with van der Waals surface area (Å²) in [6.45, 7) is 0. The first kappa shape index (κ1) is 8.06. The number of amides is 1. The van der Waals surface area contributed by atoms with Crippen molar-refractivity contribution in [2.45, 2.75) is 0 Å². The van der Waals surface area contributed by atoms with Crippen molar-refractivity contribution in [2.24, 2.45) is 0 Å². The van der Waals surface area contributed by atoms with Gasteiger partial charge in [-0.15, -0.1) is 0 Å². The smallest absolute Gasteiger partial charge is 0.268 e. The van der Waals surface area contributed by atoms with Gasteiger partial charge in [0, 0.05) is 0 Å². The number of carbonyl (C=O) groups is 1. The van der Waals surface area contributed by atoms with E-state index in [0.717, 1.165) is 0 Å². The lowest BCUT2D eigenvalue weighted by molar-refractivity contribution is 0.0981. The minimum atomic E-state index is -3.69. The van der Waals surface area contributed by atoms with Crippen molar-refractivity contribution in [3.05, 3.63) is 29.8 Å². The second-order valence-corrected chi connectivity index (χ2v) is 4.00. The van der Waals surface area contributed by atoms with E-state index in [0.29, 0.717) is 11.3 Å². The highest BCUT2D eigenvalue weighted by Gasteiger charge is 2.24. The molecular weight excluding hydrogens is 192 g/mol. The fraction of sp³-hybridized carbons (Fsp3) is 0. The SMILES string of the molecule is O=C1NS(=O)(=O)Nc2ccccc21. The molecule has 0 radical (unpaired) electrons. The molecule has 0 spiro atoms. The third kappa shape index (κ3) is 1.35. The summed E-state index contributed by atoms with van der Waals surface area (Å²) in [4.78, 5) is 11.2. The highest BCUT2D eigenvalue weighted by atomic mass is 32.2. The van der Waals surface area contributed by atoms with Crippen molar-refractivity contribution in [2.75, 3.05) is 4.72 Å². The van der Waals surface area contributed by atoms with Crippen LogP contribution in [0.5, 0.6) is 0 Å². The summed E-state index contributed by atoms with van der Waals surface area (Å²) in [5.74, 6) is -0.602. The summed E-state index contributed by atoms with van der Waals surface area (Å²) in [5, 5.41) is 0. The Labute approximate surface area is 74.9 Å². The van der Waals surface area contributed by atoms with Crippen LogP contribution in [0.3, 0.4) is 0 Å². The minimum Gasteiger partial charge on any atom is -0.268 e. The molecule has 5 nitrogen and oxygen atoms in total. The molecule has 1 aliphatic heterocycles. The number of benzene rings is 1. The Kier molecular flexibility index (Phi) is 1.53. The highest BCUT2D eigenvalue weighted by molar-refractivity contribution is 7.91. The molecule has 1 aromatic carbocycles. The van der Waals surface area contributed by atoms with Crippen molar-refractivity contribution in [1.29, 1.82) is 0 Å². The molecule has 0 atom stereocenters. The van der Waals surface area contributed by atoms with Gasteiger partial charge in [0.1, 0.15) is 0 Å². The molecule has 0 fully saturated rings. The van der Waals surface area contributed by atoms with E-state index in [1.165, 1.54) is 6.07 Å². The van der Waals surface area contributed by atoms with Gasteiger partial charge in [0.15, 0.2) is 0 Å². The normalized spacial score (nSPS) is 18.3. The molecule has 0 aromatic heterocycles. The quantitative estimate of drug-likeness (QED) is 0.620. The summed E-state index contributed by atoms with van der Waals surface area (Å²) >= 11 is 0. The summed E-state index contributed by atoms with van der Waals surface area (Å²) in [6.07, 6.45) is 0. The molecule has 0 bridgehead atoms. The molecule has 2 rings (SSSR count). The predicted octanol–water partition coefficient (Wildman–Crippen LogP) is 0.0867. The van der Waals surface area contributed by atoms with Gasteiger partial charge in [-0.05, 0) is 12.1 Å². The van der Waals surface area contributed by atoms with E-state index in [2.05, 4.69) is 4.72 Å². The topological polar surface area (TPSA) is 75.3 Å². The van der Waals surface area contributed by atoms with Crippen LogP contribution in [0, 0.1) is 0 Å². The van der Waals surface area contributed by atoms with Crippen LogP contribution in [0.1, 0.15) is 10.4 Å². The first-order valence-electron chi connectivity index (χ1n) is 3.52. The van der Waals surface area contributed by atoms with Crippen molar-refractivity contribution < 1.29 is 13.2 Å². The van der Waals surface area contributed by atoms with Gasteiger partial charge in [-0.3, -0.25) is 9.52 Å². The van der Waals surface area contributed by atoms with E-state index in [1.807, 2.05) is 4.72 Å². The van der Waals surface area contributed by atoms with Crippen molar-refractivity contribution in [1.82, 2.24) is 4.72 Å². The fourth-order valence-corrected chi connectivity index (χ4v) is 1.99. The number of hydrogen-bond donors (Lipinski definition) is 2. The Bertz CT molecular complexity index is 466. The first-order valence-corrected chi connectivity index (χ1v) is 5.01. The van der Waals surface area contributed by atoms with Crippen molar-refractivity contribution >= 4 is 21.8 Å². The molecule has 13 heavy (non-hydrogen) atoms. The lowest BCUT2D eigenvalue weighted by Gasteiger charge is -2.17. The largest absolute Gasteiger partial charge is 0.323 e. The van der Waals surface area contributed by atoms with Crippen LogP contribution < -0.4 is 9.44 Å². The molecule has 68 valence electrons. The molecule has 6 heteroatoms. The van der Waals surface area contributed by atoms with Gasteiger partial charge < -0.3 is 0 Å². The number of para-hydroxylation sites is 1. The first-order chi connectivity index (χ1) is 6.08. The average Bonchev–Trinajstić information content (AvgIpc) is 2.02. The fourth-order valence-electron chi connectivity index (χ4n) is 1.12. The Balaban J connectivity index is 2.61. The van der Waals surface area contributed by atoms with Gasteiger partial charge in [-0.1, -0.05) is 12.1 Å². The Hall–Kier alpha value is -1.56. The van der Waals surface area contributed by atoms with Crippen LogP contribution >= 0.6 is 0 Å². The Morgan fingerprint density at radius 1 is 1.08 bits per heavy atom. The Morgan fingerprint density at radius 3 is 2.54 bits per heavy atom. The number of nitrogens with one attached hydrogen (secondary N) is 2. The van der Waals surface area contributed by atoms with E-state index in [4.69, 9.17) is 0 Å². The molecule has 1 aliphatic rings. The van der Waals surface area contributed by atoms with Crippen LogP contribution in [-0.4, -0.2) is 14.3 Å². The second-order valence-electron chi connectivity index (χ2n) is 2.58. The predicted molar refractivity (Wildman–Crippen MR) is 46.5 cm³/mol. The summed E-state index contributed by atoms with van der Waals surface area (Å²) in [7, 11) is -3.69. The van der Waals surface area contributed by atoms with Crippen LogP contribution in [0.15, 0.2) is 24.3 Å². The zero-order valence-corrected chi connectivity index (χ0v) is 7.26. The number of rotatable bonds is 0. The number of fused-ring (bicyclic) bond motifs is 1. The zero-order chi connectivity index (χ0) is 9.47. The van der Waals surface area contributed by atoms with E-state index in [-0.39, 0.29) is 0 Å². The van der Waals surface area contributed by atoms with Gasteiger partial charge in [0.05, 0.1) is 11.3 Å². The molecule has 0 aliphatic carbocycles. The van der Waals surface area contributed by atoms with Gasteiger partial charge >= 0.3 is 10.2 Å². The number of hydrogen-bond acceptors (Lipinski definition) is 3. The lowest BCUT2D eigenvalue weighted by atomic mass is 10.2. The number of carbonyl (C=O) groups excluding carboxylic acids is 1. The van der Waals surface area contributed by atoms with Crippen molar-refractivity contribution in [3.63, 3.8) is 0 Å². The molecule has 2 N–H and O–H groups in total. The van der Waals surface area contributed by atoms with E-state index >= 15 is 0 Å². The minimum absolute atomic E-state index is 0.311. The van der Waals surface area contributed by atoms with E-state index < -0.39 is 16.1 Å². The summed E-state index contributed by atoms with van der Waals surface area (Å²) in [5.41, 5.74) is 0.642. The maximum atomic E-state index is 11.2. The highest BCUT2D eigenvalue weighted by Crippen LogP contribution is 2.19.